The molecule has 3 nitrogen and oxygen atoms in total. The monoisotopic (exact) mass is 299 g/mol. The van der Waals surface area contributed by atoms with Crippen molar-refractivity contribution in [2.24, 2.45) is 0 Å². The van der Waals surface area contributed by atoms with Crippen molar-refractivity contribution in [3.8, 4) is 0 Å². The summed E-state index contributed by atoms with van der Waals surface area (Å²) in [4.78, 5) is 8.77. The number of thioether (sulfide) groups is 1. The summed E-state index contributed by atoms with van der Waals surface area (Å²) in [5.41, 5.74) is 1.28. The second kappa shape index (κ2) is 6.95. The van der Waals surface area contributed by atoms with E-state index in [-0.39, 0.29) is 0 Å². The molecule has 0 spiro atoms. The van der Waals surface area contributed by atoms with Gasteiger partial charge in [0.1, 0.15) is 0 Å². The maximum atomic E-state index is 4.88. The standard InChI is InChI=1S/C14H25N3S2/c1-5-12-13(8-15-10(2)3)19-14(16-12)17-6-7-18-9-11(17)4/h10-11,15H,5-9H2,1-4H3. The normalized spacial score (nSPS) is 20.3. The molecular weight excluding hydrogens is 274 g/mol. The number of rotatable bonds is 5. The maximum Gasteiger partial charge on any atom is 0.186 e. The van der Waals surface area contributed by atoms with Gasteiger partial charge >= 0.3 is 0 Å². The molecule has 108 valence electrons. The van der Waals surface area contributed by atoms with E-state index in [2.05, 4.69) is 49.7 Å². The topological polar surface area (TPSA) is 28.2 Å². The summed E-state index contributed by atoms with van der Waals surface area (Å²) in [7, 11) is 0. The summed E-state index contributed by atoms with van der Waals surface area (Å²) in [5, 5.41) is 4.74. The van der Waals surface area contributed by atoms with E-state index in [1.807, 2.05) is 11.3 Å². The van der Waals surface area contributed by atoms with E-state index in [1.54, 1.807) is 0 Å². The highest BCUT2D eigenvalue weighted by molar-refractivity contribution is 7.99. The Kier molecular flexibility index (Phi) is 5.54. The molecule has 2 heterocycles. The van der Waals surface area contributed by atoms with E-state index in [0.29, 0.717) is 12.1 Å². The van der Waals surface area contributed by atoms with Crippen molar-refractivity contribution in [2.45, 2.75) is 52.7 Å². The van der Waals surface area contributed by atoms with Gasteiger partial charge < -0.3 is 10.2 Å². The number of hydrogen-bond donors (Lipinski definition) is 1. The molecule has 1 N–H and O–H groups in total. The zero-order valence-electron chi connectivity index (χ0n) is 12.4. The third kappa shape index (κ3) is 3.86. The zero-order chi connectivity index (χ0) is 13.8. The molecule has 1 unspecified atom stereocenters. The second-order valence-corrected chi connectivity index (χ2v) is 7.58. The minimum Gasteiger partial charge on any atom is -0.344 e. The molecule has 1 fully saturated rings. The second-order valence-electron chi connectivity index (χ2n) is 5.37. The van der Waals surface area contributed by atoms with Crippen LogP contribution < -0.4 is 10.2 Å². The van der Waals surface area contributed by atoms with Gasteiger partial charge in [-0.15, -0.1) is 11.3 Å². The summed E-state index contributed by atoms with van der Waals surface area (Å²) in [6.07, 6.45) is 1.03. The van der Waals surface area contributed by atoms with E-state index in [0.717, 1.165) is 19.5 Å². The highest BCUT2D eigenvalue weighted by Gasteiger charge is 2.23. The quantitative estimate of drug-likeness (QED) is 0.904. The van der Waals surface area contributed by atoms with E-state index in [4.69, 9.17) is 4.98 Å². The van der Waals surface area contributed by atoms with Gasteiger partial charge in [0.15, 0.2) is 5.13 Å². The first-order chi connectivity index (χ1) is 9.11. The fourth-order valence-corrected chi connectivity index (χ4v) is 4.46. The number of nitrogens with zero attached hydrogens (tertiary/aromatic N) is 2. The van der Waals surface area contributed by atoms with Gasteiger partial charge in [-0.3, -0.25) is 0 Å². The molecule has 2 rings (SSSR count). The lowest BCUT2D eigenvalue weighted by atomic mass is 10.3. The van der Waals surface area contributed by atoms with Crippen LogP contribution in [0.4, 0.5) is 5.13 Å². The molecule has 0 radical (unpaired) electrons. The van der Waals surface area contributed by atoms with Crippen molar-refractivity contribution in [3.05, 3.63) is 10.6 Å². The van der Waals surface area contributed by atoms with Crippen molar-refractivity contribution < 1.29 is 0 Å². The fraction of sp³-hybridized carbons (Fsp3) is 0.786. The first kappa shape index (κ1) is 15.1. The molecule has 19 heavy (non-hydrogen) atoms. The minimum absolute atomic E-state index is 0.528. The molecular formula is C14H25N3S2. The number of thiazole rings is 1. The summed E-state index contributed by atoms with van der Waals surface area (Å²) in [5.74, 6) is 2.45. The van der Waals surface area contributed by atoms with E-state index < -0.39 is 0 Å². The molecule has 1 atom stereocenters. The summed E-state index contributed by atoms with van der Waals surface area (Å²) >= 11 is 3.93. The first-order valence-electron chi connectivity index (χ1n) is 7.18. The summed E-state index contributed by atoms with van der Waals surface area (Å²) < 4.78 is 0. The Morgan fingerprint density at radius 1 is 1.47 bits per heavy atom. The van der Waals surface area contributed by atoms with Gasteiger partial charge in [0, 0.05) is 41.6 Å². The number of nitrogens with one attached hydrogen (secondary N) is 1. The van der Waals surface area contributed by atoms with Crippen LogP contribution in [0.5, 0.6) is 0 Å². The summed E-state index contributed by atoms with van der Waals surface area (Å²) in [6.45, 7) is 11.0. The van der Waals surface area contributed by atoms with Crippen molar-refractivity contribution in [3.63, 3.8) is 0 Å². The molecule has 0 amide bonds. The van der Waals surface area contributed by atoms with Crippen LogP contribution in [-0.4, -0.2) is 35.1 Å². The minimum atomic E-state index is 0.528. The Morgan fingerprint density at radius 2 is 2.26 bits per heavy atom. The zero-order valence-corrected chi connectivity index (χ0v) is 14.0. The third-order valence-electron chi connectivity index (χ3n) is 3.39. The molecule has 0 saturated carbocycles. The smallest absolute Gasteiger partial charge is 0.186 e. The van der Waals surface area contributed by atoms with Crippen LogP contribution in [0.3, 0.4) is 0 Å². The van der Waals surface area contributed by atoms with Crippen LogP contribution >= 0.6 is 23.1 Å². The lowest BCUT2D eigenvalue weighted by molar-refractivity contribution is 0.590. The van der Waals surface area contributed by atoms with Gasteiger partial charge in [0.25, 0.3) is 0 Å². The van der Waals surface area contributed by atoms with Gasteiger partial charge in [-0.2, -0.15) is 11.8 Å². The Balaban J connectivity index is 2.12. The van der Waals surface area contributed by atoms with Crippen molar-refractivity contribution in [1.82, 2.24) is 10.3 Å². The van der Waals surface area contributed by atoms with Gasteiger partial charge in [-0.05, 0) is 13.3 Å². The molecule has 1 aromatic rings. The van der Waals surface area contributed by atoms with E-state index in [9.17, 15) is 0 Å². The maximum absolute atomic E-state index is 4.88. The third-order valence-corrected chi connectivity index (χ3v) is 5.71. The molecule has 0 aromatic carbocycles. The largest absolute Gasteiger partial charge is 0.344 e. The predicted molar refractivity (Wildman–Crippen MR) is 87.6 cm³/mol. The van der Waals surface area contributed by atoms with E-state index >= 15 is 0 Å². The molecule has 1 aliphatic rings. The Bertz CT molecular complexity index is 403. The molecule has 0 bridgehead atoms. The summed E-state index contributed by atoms with van der Waals surface area (Å²) in [6, 6.07) is 1.14. The van der Waals surface area contributed by atoms with Gasteiger partial charge in [-0.25, -0.2) is 4.98 Å². The number of anilines is 1. The first-order valence-corrected chi connectivity index (χ1v) is 9.15. The van der Waals surface area contributed by atoms with Crippen molar-refractivity contribution in [1.29, 1.82) is 0 Å². The predicted octanol–water partition coefficient (Wildman–Crippen LogP) is 3.15. The van der Waals surface area contributed by atoms with Crippen molar-refractivity contribution in [2.75, 3.05) is 23.0 Å². The molecule has 1 saturated heterocycles. The van der Waals surface area contributed by atoms with Gasteiger partial charge in [0.2, 0.25) is 0 Å². The van der Waals surface area contributed by atoms with Crippen LogP contribution in [0.25, 0.3) is 0 Å². The average Bonchev–Trinajstić information content (AvgIpc) is 2.80. The number of aromatic nitrogens is 1. The average molecular weight is 300 g/mol. The van der Waals surface area contributed by atoms with Gasteiger partial charge in [-0.1, -0.05) is 20.8 Å². The van der Waals surface area contributed by atoms with Gasteiger partial charge in [0.05, 0.1) is 5.69 Å². The van der Waals surface area contributed by atoms with Crippen LogP contribution in [0.15, 0.2) is 0 Å². The van der Waals surface area contributed by atoms with Crippen molar-refractivity contribution >= 4 is 28.2 Å². The molecule has 1 aromatic heterocycles. The lowest BCUT2D eigenvalue weighted by Crippen LogP contribution is -2.40. The number of aryl methyl sites for hydroxylation is 1. The molecule has 5 heteroatoms. The van der Waals surface area contributed by atoms with Crippen LogP contribution in [0.2, 0.25) is 0 Å². The Hall–Kier alpha value is -0.260. The van der Waals surface area contributed by atoms with Crippen LogP contribution in [0.1, 0.15) is 38.3 Å². The SMILES string of the molecule is CCc1nc(N2CCSCC2C)sc1CNC(C)C. The van der Waals surface area contributed by atoms with Crippen LogP contribution in [-0.2, 0) is 13.0 Å². The Labute approximate surface area is 125 Å². The number of hydrogen-bond acceptors (Lipinski definition) is 5. The van der Waals surface area contributed by atoms with E-state index in [1.165, 1.54) is 27.2 Å². The molecule has 1 aliphatic heterocycles. The van der Waals surface area contributed by atoms with Crippen LogP contribution in [0, 0.1) is 0 Å². The molecule has 0 aliphatic carbocycles. The fourth-order valence-electron chi connectivity index (χ4n) is 2.22. The Morgan fingerprint density at radius 3 is 2.89 bits per heavy atom. The lowest BCUT2D eigenvalue weighted by Gasteiger charge is -2.32. The highest BCUT2D eigenvalue weighted by Crippen LogP contribution is 2.31. The highest BCUT2D eigenvalue weighted by atomic mass is 32.2.